The standard InChI is InChI=1S/C14H17ClN2O4/c1-21-13-6-5-9(7-12(13)17(19)20)14(18)16-8-10-3-2-4-11(10)15/h5-7,10-11H,2-4,8H2,1H3,(H,16,18). The van der Waals surface area contributed by atoms with Crippen molar-refractivity contribution in [1.82, 2.24) is 5.32 Å². The molecule has 0 spiro atoms. The molecule has 0 heterocycles. The van der Waals surface area contributed by atoms with Crippen molar-refractivity contribution in [2.24, 2.45) is 5.92 Å². The average Bonchev–Trinajstić information content (AvgIpc) is 2.89. The lowest BCUT2D eigenvalue weighted by molar-refractivity contribution is -0.385. The molecule has 1 aliphatic carbocycles. The quantitative estimate of drug-likeness (QED) is 0.515. The number of nitrogens with zero attached hydrogens (tertiary/aromatic N) is 1. The van der Waals surface area contributed by atoms with Crippen molar-refractivity contribution in [2.45, 2.75) is 24.6 Å². The highest BCUT2D eigenvalue weighted by Gasteiger charge is 2.26. The van der Waals surface area contributed by atoms with Gasteiger partial charge in [-0.3, -0.25) is 14.9 Å². The third-order valence-corrected chi connectivity index (χ3v) is 4.30. The van der Waals surface area contributed by atoms with E-state index in [0.29, 0.717) is 6.54 Å². The zero-order valence-corrected chi connectivity index (χ0v) is 12.4. The van der Waals surface area contributed by atoms with Crippen molar-refractivity contribution >= 4 is 23.2 Å². The number of nitro groups is 1. The number of carbonyl (C=O) groups is 1. The lowest BCUT2D eigenvalue weighted by atomic mass is 10.1. The Kier molecular flexibility index (Phi) is 5.01. The smallest absolute Gasteiger partial charge is 0.311 e. The monoisotopic (exact) mass is 312 g/mol. The van der Waals surface area contributed by atoms with Gasteiger partial charge >= 0.3 is 5.69 Å². The molecule has 114 valence electrons. The van der Waals surface area contributed by atoms with E-state index in [1.165, 1.54) is 25.3 Å². The van der Waals surface area contributed by atoms with Crippen molar-refractivity contribution in [1.29, 1.82) is 0 Å². The molecular weight excluding hydrogens is 296 g/mol. The van der Waals surface area contributed by atoms with Crippen LogP contribution in [0.3, 0.4) is 0 Å². The zero-order chi connectivity index (χ0) is 15.4. The van der Waals surface area contributed by atoms with Crippen LogP contribution in [0, 0.1) is 16.0 Å². The molecule has 1 N–H and O–H groups in total. The summed E-state index contributed by atoms with van der Waals surface area (Å²) in [5.74, 6) is 0.0635. The van der Waals surface area contributed by atoms with E-state index in [-0.39, 0.29) is 34.2 Å². The predicted octanol–water partition coefficient (Wildman–Crippen LogP) is 2.74. The van der Waals surface area contributed by atoms with Crippen molar-refractivity contribution in [2.75, 3.05) is 13.7 Å². The fourth-order valence-corrected chi connectivity index (χ4v) is 2.89. The fraction of sp³-hybridized carbons (Fsp3) is 0.500. The van der Waals surface area contributed by atoms with Gasteiger partial charge in [-0.2, -0.15) is 0 Å². The number of carbonyl (C=O) groups excluding carboxylic acids is 1. The van der Waals surface area contributed by atoms with E-state index in [2.05, 4.69) is 5.32 Å². The Morgan fingerprint density at radius 2 is 2.29 bits per heavy atom. The summed E-state index contributed by atoms with van der Waals surface area (Å²) < 4.78 is 4.91. The number of hydrogen-bond acceptors (Lipinski definition) is 4. The maximum Gasteiger partial charge on any atom is 0.311 e. The molecule has 1 fully saturated rings. The van der Waals surface area contributed by atoms with Crippen molar-refractivity contribution in [3.05, 3.63) is 33.9 Å². The molecule has 0 bridgehead atoms. The van der Waals surface area contributed by atoms with E-state index < -0.39 is 4.92 Å². The van der Waals surface area contributed by atoms with E-state index >= 15 is 0 Å². The molecule has 1 saturated carbocycles. The summed E-state index contributed by atoms with van der Waals surface area (Å²) >= 11 is 6.16. The van der Waals surface area contributed by atoms with Gasteiger partial charge in [0.05, 0.1) is 12.0 Å². The molecule has 2 rings (SSSR count). The fourth-order valence-electron chi connectivity index (χ4n) is 2.52. The minimum atomic E-state index is -0.568. The molecule has 6 nitrogen and oxygen atoms in total. The predicted molar refractivity (Wildman–Crippen MR) is 79.0 cm³/mol. The van der Waals surface area contributed by atoms with Crippen LogP contribution in [0.1, 0.15) is 29.6 Å². The van der Waals surface area contributed by atoms with Crippen LogP contribution in [0.15, 0.2) is 18.2 Å². The topological polar surface area (TPSA) is 81.5 Å². The molecule has 1 aliphatic rings. The molecule has 0 radical (unpaired) electrons. The number of halogens is 1. The summed E-state index contributed by atoms with van der Waals surface area (Å²) in [7, 11) is 1.35. The van der Waals surface area contributed by atoms with Gasteiger partial charge < -0.3 is 10.1 Å². The van der Waals surface area contributed by atoms with E-state index in [1.807, 2.05) is 0 Å². The van der Waals surface area contributed by atoms with Crippen LogP contribution in [-0.2, 0) is 0 Å². The number of benzene rings is 1. The largest absolute Gasteiger partial charge is 0.490 e. The van der Waals surface area contributed by atoms with Crippen LogP contribution in [0.5, 0.6) is 5.75 Å². The van der Waals surface area contributed by atoms with Gasteiger partial charge in [0.15, 0.2) is 5.75 Å². The van der Waals surface area contributed by atoms with E-state index in [4.69, 9.17) is 16.3 Å². The molecular formula is C14H17ClN2O4. The van der Waals surface area contributed by atoms with Crippen molar-refractivity contribution in [3.63, 3.8) is 0 Å². The van der Waals surface area contributed by atoms with Crippen LogP contribution in [0.2, 0.25) is 0 Å². The van der Waals surface area contributed by atoms with E-state index in [1.54, 1.807) is 0 Å². The second kappa shape index (κ2) is 6.76. The Morgan fingerprint density at radius 1 is 1.52 bits per heavy atom. The van der Waals surface area contributed by atoms with Gasteiger partial charge in [-0.25, -0.2) is 0 Å². The van der Waals surface area contributed by atoms with Crippen LogP contribution < -0.4 is 10.1 Å². The van der Waals surface area contributed by atoms with Gasteiger partial charge in [0.25, 0.3) is 5.91 Å². The van der Waals surface area contributed by atoms with E-state index in [0.717, 1.165) is 19.3 Å². The first-order valence-electron chi connectivity index (χ1n) is 6.77. The van der Waals surface area contributed by atoms with Gasteiger partial charge in [0.2, 0.25) is 0 Å². The molecule has 1 aromatic carbocycles. The Labute approximate surface area is 127 Å². The normalized spacial score (nSPS) is 21.0. The number of alkyl halides is 1. The average molecular weight is 313 g/mol. The highest BCUT2D eigenvalue weighted by atomic mass is 35.5. The molecule has 1 amide bonds. The van der Waals surface area contributed by atoms with Gasteiger partial charge in [0.1, 0.15) is 0 Å². The first-order valence-corrected chi connectivity index (χ1v) is 7.21. The summed E-state index contributed by atoms with van der Waals surface area (Å²) in [4.78, 5) is 22.4. The lowest BCUT2D eigenvalue weighted by Gasteiger charge is -2.14. The molecule has 0 saturated heterocycles. The van der Waals surface area contributed by atoms with Gasteiger partial charge in [-0.05, 0) is 30.9 Å². The lowest BCUT2D eigenvalue weighted by Crippen LogP contribution is -2.31. The number of nitrogens with one attached hydrogen (secondary N) is 1. The molecule has 7 heteroatoms. The molecule has 0 aromatic heterocycles. The molecule has 2 unspecified atom stereocenters. The maximum atomic E-state index is 12.1. The number of methoxy groups -OCH3 is 1. The molecule has 1 aromatic rings. The minimum absolute atomic E-state index is 0.0931. The number of hydrogen-bond donors (Lipinski definition) is 1. The van der Waals surface area contributed by atoms with Crippen molar-refractivity contribution < 1.29 is 14.5 Å². The summed E-state index contributed by atoms with van der Waals surface area (Å²) in [5.41, 5.74) is 0.0212. The first-order chi connectivity index (χ1) is 10.0. The number of amides is 1. The minimum Gasteiger partial charge on any atom is -0.490 e. The van der Waals surface area contributed by atoms with Crippen LogP contribution in [0.4, 0.5) is 5.69 Å². The first kappa shape index (κ1) is 15.6. The van der Waals surface area contributed by atoms with Gasteiger partial charge in [-0.15, -0.1) is 11.6 Å². The van der Waals surface area contributed by atoms with Crippen LogP contribution in [0.25, 0.3) is 0 Å². The summed E-state index contributed by atoms with van der Waals surface area (Å²) in [5, 5.41) is 13.8. The SMILES string of the molecule is COc1ccc(C(=O)NCC2CCCC2Cl)cc1[N+](=O)[O-]. The highest BCUT2D eigenvalue weighted by Crippen LogP contribution is 2.30. The van der Waals surface area contributed by atoms with Crippen LogP contribution >= 0.6 is 11.6 Å². The number of ether oxygens (including phenoxy) is 1. The van der Waals surface area contributed by atoms with Crippen molar-refractivity contribution in [3.8, 4) is 5.75 Å². The third-order valence-electron chi connectivity index (χ3n) is 3.73. The third kappa shape index (κ3) is 3.64. The number of rotatable bonds is 5. The second-order valence-corrected chi connectivity index (χ2v) is 5.62. The van der Waals surface area contributed by atoms with E-state index in [9.17, 15) is 14.9 Å². The Balaban J connectivity index is 2.05. The van der Waals surface area contributed by atoms with Gasteiger partial charge in [0, 0.05) is 23.6 Å². The Bertz CT molecular complexity index is 550. The number of nitro benzene ring substituents is 1. The summed E-state index contributed by atoms with van der Waals surface area (Å²) in [6, 6.07) is 4.15. The van der Waals surface area contributed by atoms with Gasteiger partial charge in [-0.1, -0.05) is 6.42 Å². The maximum absolute atomic E-state index is 12.1. The summed E-state index contributed by atoms with van der Waals surface area (Å²) in [6.07, 6.45) is 3.04. The summed E-state index contributed by atoms with van der Waals surface area (Å²) in [6.45, 7) is 0.493. The Hall–Kier alpha value is -1.82. The Morgan fingerprint density at radius 3 is 2.86 bits per heavy atom. The molecule has 0 aliphatic heterocycles. The second-order valence-electron chi connectivity index (χ2n) is 5.06. The molecule has 21 heavy (non-hydrogen) atoms. The zero-order valence-electron chi connectivity index (χ0n) is 11.7. The highest BCUT2D eigenvalue weighted by molar-refractivity contribution is 6.21. The molecule has 2 atom stereocenters. The van der Waals surface area contributed by atoms with Crippen LogP contribution in [-0.4, -0.2) is 29.9 Å².